The van der Waals surface area contributed by atoms with Gasteiger partial charge in [0.25, 0.3) is 0 Å². The summed E-state index contributed by atoms with van der Waals surface area (Å²) < 4.78 is 0. The standard InChI is InChI=1S/C10H10N2S/c1-7-10(13-8(2)12-7)9-3-5-11-6-4-9/h3-6H,1-2H3. The molecule has 0 aliphatic rings. The Morgan fingerprint density at radius 1 is 1.15 bits per heavy atom. The zero-order valence-corrected chi connectivity index (χ0v) is 8.43. The average molecular weight is 190 g/mol. The molecule has 0 amide bonds. The smallest absolute Gasteiger partial charge is 0.0903 e. The van der Waals surface area contributed by atoms with Gasteiger partial charge in [-0.15, -0.1) is 11.3 Å². The van der Waals surface area contributed by atoms with Crippen molar-refractivity contribution < 1.29 is 0 Å². The molecule has 0 saturated heterocycles. The number of nitrogens with zero attached hydrogens (tertiary/aromatic N) is 2. The van der Waals surface area contributed by atoms with Crippen molar-refractivity contribution in [3.05, 3.63) is 35.2 Å². The van der Waals surface area contributed by atoms with E-state index in [0.29, 0.717) is 0 Å². The van der Waals surface area contributed by atoms with Gasteiger partial charge in [0, 0.05) is 12.4 Å². The zero-order chi connectivity index (χ0) is 9.26. The van der Waals surface area contributed by atoms with Gasteiger partial charge >= 0.3 is 0 Å². The van der Waals surface area contributed by atoms with Crippen LogP contribution in [0, 0.1) is 13.8 Å². The maximum Gasteiger partial charge on any atom is 0.0903 e. The average Bonchev–Trinajstić information content (AvgIpc) is 2.47. The maximum absolute atomic E-state index is 4.39. The first-order valence-corrected chi connectivity index (χ1v) is 4.93. The number of pyridine rings is 1. The second-order valence-corrected chi connectivity index (χ2v) is 4.09. The van der Waals surface area contributed by atoms with Crippen molar-refractivity contribution in [3.8, 4) is 10.4 Å². The van der Waals surface area contributed by atoms with Crippen molar-refractivity contribution in [1.29, 1.82) is 0 Å². The van der Waals surface area contributed by atoms with Gasteiger partial charge in [-0.25, -0.2) is 4.98 Å². The van der Waals surface area contributed by atoms with Gasteiger partial charge in [0.2, 0.25) is 0 Å². The minimum absolute atomic E-state index is 1.11. The van der Waals surface area contributed by atoms with Crippen molar-refractivity contribution in [3.63, 3.8) is 0 Å². The minimum atomic E-state index is 1.11. The van der Waals surface area contributed by atoms with Gasteiger partial charge in [0.05, 0.1) is 15.6 Å². The lowest BCUT2D eigenvalue weighted by atomic mass is 10.2. The first-order chi connectivity index (χ1) is 6.27. The van der Waals surface area contributed by atoms with Crippen LogP contribution < -0.4 is 0 Å². The zero-order valence-electron chi connectivity index (χ0n) is 7.61. The van der Waals surface area contributed by atoms with Crippen LogP contribution in [-0.2, 0) is 0 Å². The summed E-state index contributed by atoms with van der Waals surface area (Å²) in [5.74, 6) is 0. The number of hydrogen-bond donors (Lipinski definition) is 0. The SMILES string of the molecule is Cc1nc(C)c(-c2ccncc2)s1. The number of hydrogen-bond acceptors (Lipinski definition) is 3. The second kappa shape index (κ2) is 3.26. The molecule has 0 radical (unpaired) electrons. The monoisotopic (exact) mass is 190 g/mol. The van der Waals surface area contributed by atoms with E-state index in [9.17, 15) is 0 Å². The van der Waals surface area contributed by atoms with Crippen LogP contribution >= 0.6 is 11.3 Å². The summed E-state index contributed by atoms with van der Waals surface area (Å²) in [6.07, 6.45) is 3.62. The van der Waals surface area contributed by atoms with E-state index in [1.807, 2.05) is 38.4 Å². The third kappa shape index (κ3) is 1.60. The fourth-order valence-electron chi connectivity index (χ4n) is 1.30. The number of aromatic nitrogens is 2. The fraction of sp³-hybridized carbons (Fsp3) is 0.200. The van der Waals surface area contributed by atoms with Gasteiger partial charge in [-0.2, -0.15) is 0 Å². The molecule has 0 bridgehead atoms. The van der Waals surface area contributed by atoms with Crippen LogP contribution in [0.1, 0.15) is 10.7 Å². The summed E-state index contributed by atoms with van der Waals surface area (Å²) in [4.78, 5) is 9.63. The molecule has 0 aliphatic heterocycles. The molecule has 2 aromatic rings. The van der Waals surface area contributed by atoms with E-state index in [0.717, 1.165) is 10.7 Å². The molecule has 0 spiro atoms. The lowest BCUT2D eigenvalue weighted by Crippen LogP contribution is -1.77. The molecule has 0 atom stereocenters. The van der Waals surface area contributed by atoms with E-state index in [1.54, 1.807) is 11.3 Å². The van der Waals surface area contributed by atoms with Crippen molar-refractivity contribution in [1.82, 2.24) is 9.97 Å². The molecule has 0 saturated carbocycles. The van der Waals surface area contributed by atoms with E-state index in [-0.39, 0.29) is 0 Å². The third-order valence-corrected chi connectivity index (χ3v) is 2.97. The molecule has 66 valence electrons. The number of thiazole rings is 1. The van der Waals surface area contributed by atoms with Gasteiger partial charge in [0.1, 0.15) is 0 Å². The summed E-state index contributed by atoms with van der Waals surface area (Å²) in [6.45, 7) is 4.07. The van der Waals surface area contributed by atoms with Crippen LogP contribution in [0.25, 0.3) is 10.4 Å². The quantitative estimate of drug-likeness (QED) is 0.691. The summed E-state index contributed by atoms with van der Waals surface area (Å²) in [6, 6.07) is 4.03. The Labute approximate surface area is 81.3 Å². The molecule has 2 nitrogen and oxygen atoms in total. The molecule has 0 unspecified atom stereocenters. The van der Waals surface area contributed by atoms with E-state index < -0.39 is 0 Å². The maximum atomic E-state index is 4.39. The molecule has 0 fully saturated rings. The first kappa shape index (κ1) is 8.38. The molecule has 0 N–H and O–H groups in total. The van der Waals surface area contributed by atoms with Gasteiger partial charge in [-0.05, 0) is 31.5 Å². The lowest BCUT2D eigenvalue weighted by Gasteiger charge is -1.95. The summed E-state index contributed by atoms with van der Waals surface area (Å²) >= 11 is 1.73. The second-order valence-electron chi connectivity index (χ2n) is 2.88. The summed E-state index contributed by atoms with van der Waals surface area (Å²) in [5.41, 5.74) is 2.31. The molecule has 2 rings (SSSR count). The molecular weight excluding hydrogens is 180 g/mol. The van der Waals surface area contributed by atoms with Gasteiger partial charge in [-0.1, -0.05) is 0 Å². The van der Waals surface area contributed by atoms with Crippen LogP contribution in [0.4, 0.5) is 0 Å². The van der Waals surface area contributed by atoms with Crippen LogP contribution in [-0.4, -0.2) is 9.97 Å². The van der Waals surface area contributed by atoms with E-state index in [2.05, 4.69) is 9.97 Å². The minimum Gasteiger partial charge on any atom is -0.265 e. The van der Waals surface area contributed by atoms with Crippen LogP contribution in [0.5, 0.6) is 0 Å². The number of aryl methyl sites for hydroxylation is 2. The van der Waals surface area contributed by atoms with Crippen molar-refractivity contribution >= 4 is 11.3 Å². The first-order valence-electron chi connectivity index (χ1n) is 4.12. The summed E-state index contributed by atoms with van der Waals surface area (Å²) in [7, 11) is 0. The third-order valence-electron chi connectivity index (χ3n) is 1.85. The lowest BCUT2D eigenvalue weighted by molar-refractivity contribution is 1.20. The molecule has 3 heteroatoms. The molecule has 2 heterocycles. The highest BCUT2D eigenvalue weighted by molar-refractivity contribution is 7.15. The van der Waals surface area contributed by atoms with Crippen molar-refractivity contribution in [2.75, 3.05) is 0 Å². The highest BCUT2D eigenvalue weighted by Crippen LogP contribution is 2.28. The van der Waals surface area contributed by atoms with Gasteiger partial charge in [0.15, 0.2) is 0 Å². The van der Waals surface area contributed by atoms with Gasteiger partial charge in [-0.3, -0.25) is 4.98 Å². The van der Waals surface area contributed by atoms with Gasteiger partial charge < -0.3 is 0 Å². The Morgan fingerprint density at radius 2 is 1.85 bits per heavy atom. The Kier molecular flexibility index (Phi) is 2.10. The predicted octanol–water partition coefficient (Wildman–Crippen LogP) is 2.82. The molecule has 13 heavy (non-hydrogen) atoms. The highest BCUT2D eigenvalue weighted by atomic mass is 32.1. The predicted molar refractivity (Wildman–Crippen MR) is 54.8 cm³/mol. The molecule has 2 aromatic heterocycles. The normalized spacial score (nSPS) is 10.3. The van der Waals surface area contributed by atoms with E-state index in [4.69, 9.17) is 0 Å². The number of rotatable bonds is 1. The van der Waals surface area contributed by atoms with Crippen molar-refractivity contribution in [2.45, 2.75) is 13.8 Å². The Bertz CT molecular complexity index is 406. The Balaban J connectivity index is 2.53. The Morgan fingerprint density at radius 3 is 2.38 bits per heavy atom. The Hall–Kier alpha value is -1.22. The van der Waals surface area contributed by atoms with Crippen LogP contribution in [0.2, 0.25) is 0 Å². The topological polar surface area (TPSA) is 25.8 Å². The van der Waals surface area contributed by atoms with E-state index >= 15 is 0 Å². The molecule has 0 aromatic carbocycles. The van der Waals surface area contributed by atoms with Crippen LogP contribution in [0.15, 0.2) is 24.5 Å². The van der Waals surface area contributed by atoms with Crippen molar-refractivity contribution in [2.24, 2.45) is 0 Å². The van der Waals surface area contributed by atoms with E-state index in [1.165, 1.54) is 10.4 Å². The fourth-order valence-corrected chi connectivity index (χ4v) is 2.23. The molecular formula is C10H10N2S. The largest absolute Gasteiger partial charge is 0.265 e. The molecule has 0 aliphatic carbocycles. The van der Waals surface area contributed by atoms with Crippen LogP contribution in [0.3, 0.4) is 0 Å². The highest BCUT2D eigenvalue weighted by Gasteiger charge is 2.05. The summed E-state index contributed by atoms with van der Waals surface area (Å²) in [5, 5.41) is 1.12.